The molecule has 1 amide bonds. The van der Waals surface area contributed by atoms with Crippen LogP contribution in [0, 0.1) is 11.8 Å². The highest BCUT2D eigenvalue weighted by Crippen LogP contribution is 2.36. The number of thiophene rings is 1. The first-order chi connectivity index (χ1) is 13.3. The maximum atomic E-state index is 13.2. The first-order valence-corrected chi connectivity index (χ1v) is 11.0. The molecule has 0 saturated carbocycles. The number of carbonyl (C=O) groups excluding carboxylic acids is 2. The second-order valence-corrected chi connectivity index (χ2v) is 9.42. The third kappa shape index (κ3) is 3.03. The van der Waals surface area contributed by atoms with Crippen LogP contribution in [-0.2, 0) is 14.8 Å². The van der Waals surface area contributed by atoms with Crippen molar-refractivity contribution in [1.82, 2.24) is 5.43 Å². The Labute approximate surface area is 166 Å². The fourth-order valence-electron chi connectivity index (χ4n) is 3.09. The van der Waals surface area contributed by atoms with Crippen LogP contribution in [0.25, 0.3) is 0 Å². The molecule has 0 saturated heterocycles. The van der Waals surface area contributed by atoms with E-state index in [9.17, 15) is 18.0 Å². The van der Waals surface area contributed by atoms with Gasteiger partial charge in [0, 0.05) is 6.54 Å². The summed E-state index contributed by atoms with van der Waals surface area (Å²) in [5, 5.41) is 5.93. The molecule has 0 aliphatic carbocycles. The summed E-state index contributed by atoms with van der Waals surface area (Å²) >= 11 is 1.21. The summed E-state index contributed by atoms with van der Waals surface area (Å²) in [6, 6.07) is 7.95. The number of hydrazine groups is 1. The minimum absolute atomic E-state index is 0.0149. The zero-order valence-corrected chi connectivity index (χ0v) is 16.8. The molecule has 2 aliphatic rings. The molecule has 2 aromatic rings. The summed E-state index contributed by atoms with van der Waals surface area (Å²) in [5.41, 5.74) is 3.83. The van der Waals surface area contributed by atoms with Crippen molar-refractivity contribution in [2.45, 2.75) is 18.7 Å². The highest BCUT2D eigenvalue weighted by molar-refractivity contribution is 7.90. The van der Waals surface area contributed by atoms with Gasteiger partial charge < -0.3 is 5.32 Å². The molecule has 3 heterocycles. The summed E-state index contributed by atoms with van der Waals surface area (Å²) in [6.45, 7) is 4.51. The Morgan fingerprint density at radius 2 is 2.00 bits per heavy atom. The van der Waals surface area contributed by atoms with Crippen LogP contribution in [0.3, 0.4) is 0 Å². The normalized spacial score (nSPS) is 20.5. The summed E-state index contributed by atoms with van der Waals surface area (Å²) in [6.07, 6.45) is 0. The van der Waals surface area contributed by atoms with Gasteiger partial charge in [-0.1, -0.05) is 26.0 Å². The fourth-order valence-corrected chi connectivity index (χ4v) is 5.09. The van der Waals surface area contributed by atoms with E-state index in [1.165, 1.54) is 22.4 Å². The highest BCUT2D eigenvalue weighted by atomic mass is 32.2. The van der Waals surface area contributed by atoms with Crippen LogP contribution in [0.1, 0.15) is 23.5 Å². The molecule has 0 radical (unpaired) electrons. The van der Waals surface area contributed by atoms with Gasteiger partial charge in [-0.25, -0.2) is 10.4 Å². The second-order valence-electron chi connectivity index (χ2n) is 6.93. The number of amidine groups is 1. The minimum atomic E-state index is -4.01. The van der Waals surface area contributed by atoms with E-state index in [2.05, 4.69) is 15.1 Å². The molecular weight excluding hydrogens is 400 g/mol. The Morgan fingerprint density at radius 3 is 2.75 bits per heavy atom. The van der Waals surface area contributed by atoms with Crippen molar-refractivity contribution >= 4 is 50.3 Å². The lowest BCUT2D eigenvalue weighted by molar-refractivity contribution is -0.120. The lowest BCUT2D eigenvalue weighted by Crippen LogP contribution is -2.55. The number of sulfonamides is 1. The van der Waals surface area contributed by atoms with Gasteiger partial charge in [0.25, 0.3) is 15.9 Å². The third-order valence-electron chi connectivity index (χ3n) is 4.42. The van der Waals surface area contributed by atoms with E-state index >= 15 is 0 Å². The van der Waals surface area contributed by atoms with Crippen LogP contribution in [0.5, 0.6) is 0 Å². The van der Waals surface area contributed by atoms with Crippen molar-refractivity contribution in [2.75, 3.05) is 16.9 Å². The molecule has 10 heteroatoms. The Bertz CT molecular complexity index is 1100. The lowest BCUT2D eigenvalue weighted by Gasteiger charge is -2.33. The highest BCUT2D eigenvalue weighted by Gasteiger charge is 2.45. The molecule has 146 valence electrons. The number of fused-ring (bicyclic) bond motifs is 2. The number of para-hydroxylation sites is 1. The van der Waals surface area contributed by atoms with Crippen molar-refractivity contribution in [2.24, 2.45) is 16.2 Å². The number of carbonyl (C=O) groups is 2. The molecule has 1 aromatic heterocycles. The molecule has 1 aromatic carbocycles. The zero-order chi connectivity index (χ0) is 20.1. The van der Waals surface area contributed by atoms with Crippen molar-refractivity contribution in [1.29, 1.82) is 0 Å². The van der Waals surface area contributed by atoms with Gasteiger partial charge in [0.15, 0.2) is 11.7 Å². The molecule has 8 nitrogen and oxygen atoms in total. The Kier molecular flexibility index (Phi) is 4.56. The van der Waals surface area contributed by atoms with E-state index in [-0.39, 0.29) is 16.6 Å². The number of Topliss-reactive ketones (excluding diaryl/α,β-unsaturated/α-hetero) is 1. The van der Waals surface area contributed by atoms with E-state index in [1.54, 1.807) is 29.6 Å². The van der Waals surface area contributed by atoms with Crippen molar-refractivity contribution in [3.8, 4) is 0 Å². The third-order valence-corrected chi connectivity index (χ3v) is 6.68. The topological polar surface area (TPSA) is 108 Å². The molecule has 0 fully saturated rings. The van der Waals surface area contributed by atoms with E-state index in [4.69, 9.17) is 0 Å². The van der Waals surface area contributed by atoms with Crippen LogP contribution in [0.15, 0.2) is 45.0 Å². The number of nitrogens with zero attached hydrogens (tertiary/aromatic N) is 2. The maximum Gasteiger partial charge on any atom is 0.286 e. The number of ketones is 1. The molecule has 0 bridgehead atoms. The number of amides is 1. The Morgan fingerprint density at radius 1 is 1.25 bits per heavy atom. The average Bonchev–Trinajstić information content (AvgIpc) is 3.11. The van der Waals surface area contributed by atoms with E-state index in [0.29, 0.717) is 22.8 Å². The minimum Gasteiger partial charge on any atom is -0.341 e. The number of hydrogen-bond acceptors (Lipinski definition) is 7. The summed E-state index contributed by atoms with van der Waals surface area (Å²) in [4.78, 5) is 26.6. The van der Waals surface area contributed by atoms with Crippen LogP contribution >= 0.6 is 11.3 Å². The molecule has 2 N–H and O–H groups in total. The predicted octanol–water partition coefficient (Wildman–Crippen LogP) is 2.27. The van der Waals surface area contributed by atoms with Gasteiger partial charge in [-0.15, -0.1) is 15.7 Å². The fraction of sp³-hybridized carbons (Fsp3) is 0.278. The summed E-state index contributed by atoms with van der Waals surface area (Å²) < 4.78 is 28.9. The molecule has 1 atom stereocenters. The van der Waals surface area contributed by atoms with Crippen LogP contribution in [0.2, 0.25) is 0 Å². The van der Waals surface area contributed by atoms with Gasteiger partial charge in [0.1, 0.15) is 10.7 Å². The van der Waals surface area contributed by atoms with Crippen molar-refractivity contribution < 1.29 is 18.0 Å². The first kappa shape index (κ1) is 18.8. The van der Waals surface area contributed by atoms with Gasteiger partial charge in [0.2, 0.25) is 0 Å². The van der Waals surface area contributed by atoms with Crippen molar-refractivity contribution in [3.05, 3.63) is 40.6 Å². The largest absolute Gasteiger partial charge is 0.341 e. The summed E-state index contributed by atoms with van der Waals surface area (Å²) in [5.74, 6) is -2.28. The average molecular weight is 419 g/mol. The SMILES string of the molecule is CC(C)CNN1C(=O)C(C2=NS(=O)(=O)c3ccccc3N2)C(=O)c2sccc21. The number of hydrogen-bond donors (Lipinski definition) is 2. The van der Waals surface area contributed by atoms with Gasteiger partial charge in [0.05, 0.1) is 16.3 Å². The van der Waals surface area contributed by atoms with Crippen LogP contribution in [0.4, 0.5) is 11.4 Å². The van der Waals surface area contributed by atoms with E-state index in [0.717, 1.165) is 0 Å². The predicted molar refractivity (Wildman–Crippen MR) is 107 cm³/mol. The first-order valence-electron chi connectivity index (χ1n) is 8.69. The molecule has 4 rings (SSSR count). The summed E-state index contributed by atoms with van der Waals surface area (Å²) in [7, 11) is -4.01. The maximum absolute atomic E-state index is 13.2. The lowest BCUT2D eigenvalue weighted by atomic mass is 9.95. The van der Waals surface area contributed by atoms with Crippen LogP contribution in [-0.4, -0.2) is 32.5 Å². The van der Waals surface area contributed by atoms with Gasteiger partial charge >= 0.3 is 0 Å². The molecule has 0 spiro atoms. The van der Waals surface area contributed by atoms with E-state index < -0.39 is 27.6 Å². The number of anilines is 2. The molecule has 1 unspecified atom stereocenters. The number of benzene rings is 1. The van der Waals surface area contributed by atoms with E-state index in [1.807, 2.05) is 13.8 Å². The van der Waals surface area contributed by atoms with Gasteiger partial charge in [-0.05, 0) is 29.5 Å². The molecule has 2 aliphatic heterocycles. The quantitative estimate of drug-likeness (QED) is 0.738. The molecular formula is C18H18N4O4S2. The van der Waals surface area contributed by atoms with Gasteiger partial charge in [-0.2, -0.15) is 8.42 Å². The van der Waals surface area contributed by atoms with Gasteiger partial charge in [-0.3, -0.25) is 9.59 Å². The van der Waals surface area contributed by atoms with Crippen LogP contribution < -0.4 is 15.8 Å². The zero-order valence-electron chi connectivity index (χ0n) is 15.2. The monoisotopic (exact) mass is 418 g/mol. The molecule has 28 heavy (non-hydrogen) atoms. The smallest absolute Gasteiger partial charge is 0.286 e. The Balaban J connectivity index is 1.77. The standard InChI is InChI=1S/C18H18N4O4S2/c1-10(2)9-19-22-12-7-8-27-16(12)15(23)14(18(22)24)17-20-11-5-3-4-6-13(11)28(25,26)21-17/h3-8,10,14,19H,9H2,1-2H3,(H,20,21). The number of rotatable bonds is 4. The number of nitrogens with one attached hydrogen (secondary N) is 2. The Hall–Kier alpha value is -2.56. The van der Waals surface area contributed by atoms with Crippen molar-refractivity contribution in [3.63, 3.8) is 0 Å². The second kappa shape index (κ2) is 6.80.